The molecule has 0 aliphatic heterocycles. The molecule has 0 unspecified atom stereocenters. The maximum Gasteiger partial charge on any atom is 0.351 e. The second-order valence-corrected chi connectivity index (χ2v) is 2.19. The van der Waals surface area contributed by atoms with Gasteiger partial charge in [-0.2, -0.15) is 5.10 Å². The quantitative estimate of drug-likeness (QED) is 0.517. The Kier molecular flexibility index (Phi) is 2.91. The number of carboxylic acid groups (broad SMARTS) is 1. The first-order chi connectivity index (χ1) is 6.20. The Morgan fingerprint density at radius 3 is 2.69 bits per heavy atom. The van der Waals surface area contributed by atoms with Crippen molar-refractivity contribution >= 4 is 17.6 Å². The van der Waals surface area contributed by atoms with Crippen molar-refractivity contribution in [3.8, 4) is 0 Å². The van der Waals surface area contributed by atoms with Crippen LogP contribution in [0.15, 0.2) is 23.6 Å². The van der Waals surface area contributed by atoms with Gasteiger partial charge in [0.15, 0.2) is 0 Å². The Bertz CT molecular complexity index is 323. The van der Waals surface area contributed by atoms with E-state index < -0.39 is 5.97 Å². The lowest BCUT2D eigenvalue weighted by Crippen LogP contribution is -2.10. The lowest BCUT2D eigenvalue weighted by molar-refractivity contribution is -0.129. The number of carboxylic acids is 1. The molecule has 0 bridgehead atoms. The molecule has 1 aromatic heterocycles. The zero-order chi connectivity index (χ0) is 9.68. The molecule has 0 aromatic carbocycles. The van der Waals surface area contributed by atoms with E-state index in [2.05, 4.69) is 20.5 Å². The third kappa shape index (κ3) is 2.86. The first-order valence-electron chi connectivity index (χ1n) is 3.51. The molecule has 0 radical (unpaired) electrons. The van der Waals surface area contributed by atoms with E-state index in [4.69, 9.17) is 5.11 Å². The summed E-state index contributed by atoms with van der Waals surface area (Å²) in [6.07, 6.45) is 3.06. The molecule has 6 nitrogen and oxygen atoms in total. The number of rotatable bonds is 3. The van der Waals surface area contributed by atoms with Crippen molar-refractivity contribution in [2.24, 2.45) is 5.10 Å². The minimum Gasteiger partial charge on any atom is -0.477 e. The molecule has 1 aromatic rings. The van der Waals surface area contributed by atoms with Crippen LogP contribution in [0.3, 0.4) is 0 Å². The molecule has 68 valence electrons. The Morgan fingerprint density at radius 1 is 1.54 bits per heavy atom. The van der Waals surface area contributed by atoms with E-state index in [0.717, 1.165) is 0 Å². The Balaban J connectivity index is 2.62. The third-order valence-electron chi connectivity index (χ3n) is 1.20. The molecule has 1 heterocycles. The summed E-state index contributed by atoms with van der Waals surface area (Å²) in [6, 6.07) is 1.65. The van der Waals surface area contributed by atoms with E-state index >= 15 is 0 Å². The zero-order valence-corrected chi connectivity index (χ0v) is 6.93. The zero-order valence-electron chi connectivity index (χ0n) is 6.93. The second-order valence-electron chi connectivity index (χ2n) is 2.19. The monoisotopic (exact) mass is 180 g/mol. The van der Waals surface area contributed by atoms with E-state index in [1.165, 1.54) is 19.3 Å². The van der Waals surface area contributed by atoms with E-state index in [9.17, 15) is 4.79 Å². The number of hydrogen-bond donors (Lipinski definition) is 2. The topological polar surface area (TPSA) is 87.5 Å². The van der Waals surface area contributed by atoms with Crippen LogP contribution >= 0.6 is 0 Å². The molecular formula is C7H8N4O2. The van der Waals surface area contributed by atoms with Crippen molar-refractivity contribution in [3.05, 3.63) is 18.5 Å². The number of anilines is 1. The summed E-state index contributed by atoms with van der Waals surface area (Å²) in [6.45, 7) is 1.37. The molecule has 6 heteroatoms. The van der Waals surface area contributed by atoms with Gasteiger partial charge in [-0.05, 0) is 13.0 Å². The van der Waals surface area contributed by atoms with E-state index in [1.54, 1.807) is 6.07 Å². The van der Waals surface area contributed by atoms with Crippen molar-refractivity contribution in [2.75, 3.05) is 5.43 Å². The van der Waals surface area contributed by atoms with Crippen LogP contribution in [-0.4, -0.2) is 26.8 Å². The van der Waals surface area contributed by atoms with Gasteiger partial charge in [0.05, 0.1) is 0 Å². The fraction of sp³-hybridized carbons (Fsp3) is 0.143. The third-order valence-corrected chi connectivity index (χ3v) is 1.20. The van der Waals surface area contributed by atoms with Crippen LogP contribution in [0.2, 0.25) is 0 Å². The summed E-state index contributed by atoms with van der Waals surface area (Å²) in [4.78, 5) is 17.9. The van der Waals surface area contributed by atoms with Crippen molar-refractivity contribution in [1.82, 2.24) is 9.97 Å². The van der Waals surface area contributed by atoms with Crippen LogP contribution in [0, 0.1) is 0 Å². The van der Waals surface area contributed by atoms with Crippen LogP contribution in [0.5, 0.6) is 0 Å². The molecule has 2 N–H and O–H groups in total. The molecule has 0 saturated carbocycles. The molecule has 13 heavy (non-hydrogen) atoms. The highest BCUT2D eigenvalue weighted by Gasteiger charge is 2.00. The highest BCUT2D eigenvalue weighted by atomic mass is 16.4. The maximum absolute atomic E-state index is 10.3. The van der Waals surface area contributed by atoms with Crippen LogP contribution < -0.4 is 5.43 Å². The average molecular weight is 180 g/mol. The summed E-state index contributed by atoms with van der Waals surface area (Å²) >= 11 is 0. The summed E-state index contributed by atoms with van der Waals surface area (Å²) in [5.41, 5.74) is 2.36. The van der Waals surface area contributed by atoms with E-state index in [-0.39, 0.29) is 11.7 Å². The Hall–Kier alpha value is -1.98. The molecule has 0 spiro atoms. The van der Waals surface area contributed by atoms with Crippen molar-refractivity contribution in [2.45, 2.75) is 6.92 Å². The smallest absolute Gasteiger partial charge is 0.351 e. The molecule has 0 saturated heterocycles. The van der Waals surface area contributed by atoms with Gasteiger partial charge >= 0.3 is 5.97 Å². The summed E-state index contributed by atoms with van der Waals surface area (Å²) in [7, 11) is 0. The van der Waals surface area contributed by atoms with Crippen LogP contribution in [0.25, 0.3) is 0 Å². The number of hydrogen-bond acceptors (Lipinski definition) is 5. The molecule has 0 aliphatic rings. The van der Waals surface area contributed by atoms with E-state index in [0.29, 0.717) is 0 Å². The van der Waals surface area contributed by atoms with Crippen LogP contribution in [0.1, 0.15) is 6.92 Å². The molecular weight excluding hydrogens is 172 g/mol. The lowest BCUT2D eigenvalue weighted by Gasteiger charge is -1.96. The van der Waals surface area contributed by atoms with Gasteiger partial charge in [-0.1, -0.05) is 0 Å². The van der Waals surface area contributed by atoms with Gasteiger partial charge < -0.3 is 5.11 Å². The van der Waals surface area contributed by atoms with Gasteiger partial charge in [0, 0.05) is 12.4 Å². The van der Waals surface area contributed by atoms with Crippen molar-refractivity contribution in [1.29, 1.82) is 0 Å². The number of nitrogens with one attached hydrogen (secondary N) is 1. The fourth-order valence-corrected chi connectivity index (χ4v) is 0.539. The average Bonchev–Trinajstić information content (AvgIpc) is 2.15. The number of nitrogens with zero attached hydrogens (tertiary/aromatic N) is 3. The highest BCUT2D eigenvalue weighted by Crippen LogP contribution is 1.93. The first-order valence-corrected chi connectivity index (χ1v) is 3.51. The fourth-order valence-electron chi connectivity index (χ4n) is 0.539. The minimum absolute atomic E-state index is 0.0487. The Labute approximate surface area is 74.3 Å². The van der Waals surface area contributed by atoms with Crippen LogP contribution in [-0.2, 0) is 4.79 Å². The molecule has 1 rings (SSSR count). The van der Waals surface area contributed by atoms with Crippen LogP contribution in [0.4, 0.5) is 5.95 Å². The van der Waals surface area contributed by atoms with Gasteiger partial charge in [-0.25, -0.2) is 20.2 Å². The summed E-state index contributed by atoms with van der Waals surface area (Å²) in [5, 5.41) is 12.0. The number of hydrazone groups is 1. The van der Waals surface area contributed by atoms with Gasteiger partial charge in [0.25, 0.3) is 0 Å². The SMILES string of the molecule is CC(=NNc1ncccn1)C(=O)O. The molecule has 0 amide bonds. The maximum atomic E-state index is 10.3. The predicted octanol–water partition coefficient (Wildman–Crippen LogP) is 0.349. The lowest BCUT2D eigenvalue weighted by atomic mass is 10.4. The molecule has 0 aliphatic carbocycles. The predicted molar refractivity (Wildman–Crippen MR) is 46.4 cm³/mol. The normalized spacial score (nSPS) is 11.0. The molecule has 0 fully saturated rings. The summed E-state index contributed by atoms with van der Waals surface area (Å²) in [5.74, 6) is -0.813. The standard InChI is InChI=1S/C7H8N4O2/c1-5(6(12)13)10-11-7-8-3-2-4-9-7/h2-4H,1H3,(H,12,13)(H,8,9,11). The Morgan fingerprint density at radius 2 is 2.15 bits per heavy atom. The highest BCUT2D eigenvalue weighted by molar-refractivity contribution is 6.34. The minimum atomic E-state index is -1.08. The van der Waals surface area contributed by atoms with E-state index in [1.807, 2.05) is 0 Å². The summed E-state index contributed by atoms with van der Waals surface area (Å²) < 4.78 is 0. The van der Waals surface area contributed by atoms with Gasteiger partial charge in [0.2, 0.25) is 5.95 Å². The number of aliphatic carboxylic acids is 1. The first kappa shape index (κ1) is 9.11. The second kappa shape index (κ2) is 4.15. The van der Waals surface area contributed by atoms with Gasteiger partial charge in [-0.3, -0.25) is 0 Å². The van der Waals surface area contributed by atoms with Gasteiger partial charge in [-0.15, -0.1) is 0 Å². The number of carbonyl (C=O) groups is 1. The van der Waals surface area contributed by atoms with Gasteiger partial charge in [0.1, 0.15) is 5.71 Å². The number of aromatic nitrogens is 2. The van der Waals surface area contributed by atoms with Crippen molar-refractivity contribution in [3.63, 3.8) is 0 Å². The molecule has 0 atom stereocenters. The largest absolute Gasteiger partial charge is 0.477 e. The van der Waals surface area contributed by atoms with Crippen molar-refractivity contribution < 1.29 is 9.90 Å².